The maximum Gasteiger partial charge on any atom is 0.319 e. The Labute approximate surface area is 290 Å². The zero-order chi connectivity index (χ0) is 35.2. The van der Waals surface area contributed by atoms with Crippen molar-refractivity contribution in [3.63, 3.8) is 0 Å². The molecule has 1 aromatic heterocycles. The van der Waals surface area contributed by atoms with Crippen molar-refractivity contribution < 1.29 is 4.79 Å². The van der Waals surface area contributed by atoms with Crippen molar-refractivity contribution >= 4 is 40.5 Å². The van der Waals surface area contributed by atoms with Crippen molar-refractivity contribution in [1.82, 2.24) is 15.1 Å². The molecule has 0 spiro atoms. The average Bonchev–Trinajstić information content (AvgIpc) is 3.50. The molecule has 4 rings (SSSR count). The summed E-state index contributed by atoms with van der Waals surface area (Å²) in [6.45, 7) is 2.82. The van der Waals surface area contributed by atoms with Gasteiger partial charge in [0.1, 0.15) is 35.2 Å². The highest BCUT2D eigenvalue weighted by Gasteiger charge is 2.23. The van der Waals surface area contributed by atoms with Crippen molar-refractivity contribution in [2.45, 2.75) is 45.4 Å². The largest absolute Gasteiger partial charge is 0.358 e. The molecule has 0 atom stereocenters. The molecule has 4 N–H and O–H groups in total. The summed E-state index contributed by atoms with van der Waals surface area (Å²) < 4.78 is 1.31. The fraction of sp³-hybridized carbons (Fsp3) is 0.250. The Morgan fingerprint density at radius 2 is 1.67 bits per heavy atom. The van der Waals surface area contributed by atoms with Gasteiger partial charge in [-0.3, -0.25) is 4.90 Å². The summed E-state index contributed by atoms with van der Waals surface area (Å²) in [5.41, 5.74) is 8.30. The van der Waals surface area contributed by atoms with Crippen LogP contribution in [0.4, 0.5) is 27.7 Å². The van der Waals surface area contributed by atoms with E-state index in [-0.39, 0.29) is 38.9 Å². The molecule has 4 aromatic rings. The second kappa shape index (κ2) is 17.5. The molecule has 0 saturated heterocycles. The number of nitrogens with two attached hydrogens (primary N) is 1. The molecule has 12 nitrogen and oxygen atoms in total. The molecule has 3 aromatic carbocycles. The molecule has 0 aliphatic heterocycles. The Morgan fingerprint density at radius 3 is 2.35 bits per heavy atom. The van der Waals surface area contributed by atoms with Crippen LogP contribution >= 0.6 is 11.6 Å². The number of nitrogens with one attached hydrogen (secondary N) is 2. The van der Waals surface area contributed by atoms with E-state index in [1.54, 1.807) is 30.3 Å². The Balaban J connectivity index is 1.82. The Hall–Kier alpha value is -6.34. The standard InChI is InChI=1S/C36H34ClN11O/c1-3-4-5-6-7-11-17-47(18-16-38)28-14-15-31(32(21-28)43-36(49)42-2)44-45-35-29(24-41)34(25-12-9-8-10-13-25)46-48(35)33-20-27(23-40)26(22-39)19-30(33)37/h8-10,12-15,19-21H,3-7,11,17,38H2,1-2H3,(H2,42,43,49). The third-order valence-electron chi connectivity index (χ3n) is 7.53. The van der Waals surface area contributed by atoms with Crippen molar-refractivity contribution in [2.75, 3.05) is 23.8 Å². The summed E-state index contributed by atoms with van der Waals surface area (Å²) in [4.78, 5) is 14.3. The second-order valence-electron chi connectivity index (χ2n) is 10.8. The summed E-state index contributed by atoms with van der Waals surface area (Å²) in [5.74, 6) is 0.0190. The van der Waals surface area contributed by atoms with Gasteiger partial charge in [-0.25, -0.2) is 9.48 Å². The molecule has 0 radical (unpaired) electrons. The highest BCUT2D eigenvalue weighted by Crippen LogP contribution is 2.38. The van der Waals surface area contributed by atoms with Gasteiger partial charge in [0.05, 0.1) is 33.2 Å². The van der Waals surface area contributed by atoms with Crippen LogP contribution in [0.1, 0.15) is 62.1 Å². The van der Waals surface area contributed by atoms with Gasteiger partial charge in [-0.15, -0.1) is 10.2 Å². The molecule has 0 unspecified atom stereocenters. The number of hydrogen-bond acceptors (Lipinski definition) is 9. The number of halogens is 1. The fourth-order valence-electron chi connectivity index (χ4n) is 5.02. The second-order valence-corrected chi connectivity index (χ2v) is 11.2. The predicted molar refractivity (Wildman–Crippen MR) is 190 cm³/mol. The minimum atomic E-state index is -0.483. The average molecular weight is 672 g/mol. The number of aromatic nitrogens is 2. The SMILES string of the molecule is CCCCCCCCN(C#CN)c1ccc(N=Nc2c(C#N)c(-c3ccccc3)nn2-c2cc(C#N)c(C#N)cc2Cl)c(NC(=O)NC)c1. The van der Waals surface area contributed by atoms with E-state index in [1.807, 2.05) is 35.2 Å². The molecular weight excluding hydrogens is 638 g/mol. The quantitative estimate of drug-likeness (QED) is 0.0556. The van der Waals surface area contributed by atoms with E-state index in [0.29, 0.717) is 29.2 Å². The van der Waals surface area contributed by atoms with Crippen molar-refractivity contribution in [2.24, 2.45) is 16.0 Å². The lowest BCUT2D eigenvalue weighted by Gasteiger charge is -2.19. The molecule has 0 bridgehead atoms. The van der Waals surface area contributed by atoms with Crippen molar-refractivity contribution in [3.05, 3.63) is 82.4 Å². The van der Waals surface area contributed by atoms with E-state index in [9.17, 15) is 20.6 Å². The number of anilines is 2. The Morgan fingerprint density at radius 1 is 0.959 bits per heavy atom. The van der Waals surface area contributed by atoms with Crippen LogP contribution in [0.15, 0.2) is 70.9 Å². The van der Waals surface area contributed by atoms with Crippen LogP contribution in [-0.2, 0) is 0 Å². The summed E-state index contributed by atoms with van der Waals surface area (Å²) >= 11 is 6.59. The van der Waals surface area contributed by atoms with Crippen LogP contribution < -0.4 is 21.3 Å². The lowest BCUT2D eigenvalue weighted by atomic mass is 10.1. The van der Waals surface area contributed by atoms with Crippen LogP contribution in [0.3, 0.4) is 0 Å². The van der Waals surface area contributed by atoms with Gasteiger partial charge in [-0.05, 0) is 36.8 Å². The highest BCUT2D eigenvalue weighted by molar-refractivity contribution is 6.32. The number of amides is 2. The topological polar surface area (TPSA) is 184 Å². The molecule has 2 amide bonds. The zero-order valence-electron chi connectivity index (χ0n) is 27.2. The van der Waals surface area contributed by atoms with Gasteiger partial charge in [-0.2, -0.15) is 20.9 Å². The molecule has 13 heteroatoms. The van der Waals surface area contributed by atoms with Gasteiger partial charge in [0, 0.05) is 31.2 Å². The number of rotatable bonds is 13. The van der Waals surface area contributed by atoms with Gasteiger partial charge >= 0.3 is 6.03 Å². The first kappa shape index (κ1) is 35.5. The molecule has 0 aliphatic carbocycles. The molecule has 49 heavy (non-hydrogen) atoms. The van der Waals surface area contributed by atoms with Crippen molar-refractivity contribution in [3.8, 4) is 47.2 Å². The van der Waals surface area contributed by atoms with E-state index >= 15 is 0 Å². The summed E-state index contributed by atoms with van der Waals surface area (Å²) in [6, 6.07) is 28.0. The Bertz CT molecular complexity index is 2020. The fourth-order valence-corrected chi connectivity index (χ4v) is 5.27. The van der Waals surface area contributed by atoms with E-state index in [4.69, 9.17) is 17.3 Å². The molecule has 246 valence electrons. The Kier molecular flexibility index (Phi) is 12.7. The summed E-state index contributed by atoms with van der Waals surface area (Å²) in [5, 5.41) is 48.5. The minimum absolute atomic E-state index is 0.0190. The third kappa shape index (κ3) is 8.73. The molecule has 0 fully saturated rings. The number of carbonyl (C=O) groups is 1. The maximum absolute atomic E-state index is 12.5. The van der Waals surface area contributed by atoms with E-state index < -0.39 is 6.03 Å². The number of benzene rings is 3. The number of azo groups is 1. The van der Waals surface area contributed by atoms with Gasteiger partial charge in [-0.1, -0.05) is 81.0 Å². The first-order valence-corrected chi connectivity index (χ1v) is 16.0. The molecular formula is C36H34ClN11O. The summed E-state index contributed by atoms with van der Waals surface area (Å²) in [7, 11) is 1.49. The van der Waals surface area contributed by atoms with E-state index in [1.165, 1.54) is 43.1 Å². The van der Waals surface area contributed by atoms with E-state index in [0.717, 1.165) is 19.3 Å². The van der Waals surface area contributed by atoms with Crippen LogP contribution in [0.2, 0.25) is 5.02 Å². The van der Waals surface area contributed by atoms with Crippen LogP contribution in [0, 0.1) is 46.1 Å². The van der Waals surface area contributed by atoms with Crippen molar-refractivity contribution in [1.29, 1.82) is 15.8 Å². The molecule has 0 aliphatic rings. The third-order valence-corrected chi connectivity index (χ3v) is 7.83. The molecule has 0 saturated carbocycles. The number of hydrogen-bond donors (Lipinski definition) is 3. The minimum Gasteiger partial charge on any atom is -0.358 e. The lowest BCUT2D eigenvalue weighted by molar-refractivity contribution is 0.254. The summed E-state index contributed by atoms with van der Waals surface area (Å²) in [6.07, 6.45) is 6.68. The number of nitrogens with zero attached hydrogens (tertiary/aromatic N) is 8. The zero-order valence-corrected chi connectivity index (χ0v) is 27.9. The highest BCUT2D eigenvalue weighted by atomic mass is 35.5. The van der Waals surface area contributed by atoms with Gasteiger partial charge in [0.15, 0.2) is 5.82 Å². The van der Waals surface area contributed by atoms with Gasteiger partial charge in [0.2, 0.25) is 0 Å². The lowest BCUT2D eigenvalue weighted by Crippen LogP contribution is -2.25. The van der Waals surface area contributed by atoms with Gasteiger partial charge in [0.25, 0.3) is 0 Å². The smallest absolute Gasteiger partial charge is 0.319 e. The maximum atomic E-state index is 12.5. The number of carbonyl (C=O) groups excluding carboxylic acids is 1. The van der Waals surface area contributed by atoms with Crippen LogP contribution in [0.25, 0.3) is 16.9 Å². The van der Waals surface area contributed by atoms with E-state index in [2.05, 4.69) is 51.0 Å². The first-order valence-electron chi connectivity index (χ1n) is 15.6. The van der Waals surface area contributed by atoms with Crippen LogP contribution in [0.5, 0.6) is 0 Å². The predicted octanol–water partition coefficient (Wildman–Crippen LogP) is 8.02. The van der Waals surface area contributed by atoms with Crippen LogP contribution in [-0.4, -0.2) is 29.4 Å². The normalized spacial score (nSPS) is 10.4. The van der Waals surface area contributed by atoms with Gasteiger partial charge < -0.3 is 16.4 Å². The number of urea groups is 1. The first-order chi connectivity index (χ1) is 23.9. The molecule has 1 heterocycles. The monoisotopic (exact) mass is 671 g/mol. The number of nitriles is 3. The number of unbranched alkanes of at least 4 members (excludes halogenated alkanes) is 5.